The second-order valence-corrected chi connectivity index (χ2v) is 7.69. The molecule has 0 spiro atoms. The fourth-order valence-electron chi connectivity index (χ4n) is 4.01. The summed E-state index contributed by atoms with van der Waals surface area (Å²) in [6.45, 7) is 11.3. The maximum Gasteiger partial charge on any atom is 0.409 e. The molecule has 1 saturated heterocycles. The third kappa shape index (κ3) is 4.50. The molecule has 2 heterocycles. The Morgan fingerprint density at radius 1 is 1.11 bits per heavy atom. The molecule has 7 heteroatoms. The number of benzene rings is 1. The molecule has 1 aromatic rings. The highest BCUT2D eigenvalue weighted by molar-refractivity contribution is 6.01. The lowest BCUT2D eigenvalue weighted by molar-refractivity contribution is -0.120. The number of rotatable bonds is 3. The van der Waals surface area contributed by atoms with Gasteiger partial charge >= 0.3 is 6.09 Å². The molecule has 3 rings (SSSR count). The van der Waals surface area contributed by atoms with Crippen molar-refractivity contribution in [1.82, 2.24) is 9.80 Å². The van der Waals surface area contributed by atoms with E-state index in [1.165, 1.54) is 5.57 Å². The SMILES string of the molecule is CCOC(=O)N1CCN(CC(=O)N2c3ccccc3C(C)=CC2(C)C)CC1.Cl. The minimum Gasteiger partial charge on any atom is -0.450 e. The Balaban J connectivity index is 0.00000280. The van der Waals surface area contributed by atoms with Crippen LogP contribution in [0.4, 0.5) is 10.5 Å². The van der Waals surface area contributed by atoms with E-state index in [-0.39, 0.29) is 29.9 Å². The lowest BCUT2D eigenvalue weighted by Crippen LogP contribution is -2.55. The number of nitrogens with zero attached hydrogens (tertiary/aromatic N) is 3. The van der Waals surface area contributed by atoms with Gasteiger partial charge in [-0.05, 0) is 39.3 Å². The van der Waals surface area contributed by atoms with Gasteiger partial charge < -0.3 is 14.5 Å². The molecule has 0 atom stereocenters. The van der Waals surface area contributed by atoms with Gasteiger partial charge in [-0.15, -0.1) is 12.4 Å². The topological polar surface area (TPSA) is 53.1 Å². The first-order chi connectivity index (χ1) is 12.8. The van der Waals surface area contributed by atoms with E-state index in [4.69, 9.17) is 4.74 Å². The van der Waals surface area contributed by atoms with Gasteiger partial charge in [0, 0.05) is 31.7 Å². The van der Waals surface area contributed by atoms with E-state index >= 15 is 0 Å². The normalized spacial score (nSPS) is 18.6. The van der Waals surface area contributed by atoms with Crippen molar-refractivity contribution in [3.8, 4) is 0 Å². The number of carbonyl (C=O) groups excluding carboxylic acids is 2. The number of allylic oxidation sites excluding steroid dienone is 1. The predicted octanol–water partition coefficient (Wildman–Crippen LogP) is 3.41. The second-order valence-electron chi connectivity index (χ2n) is 7.69. The zero-order chi connectivity index (χ0) is 19.6. The minimum atomic E-state index is -0.373. The molecule has 1 aromatic carbocycles. The number of ether oxygens (including phenoxy) is 1. The van der Waals surface area contributed by atoms with E-state index in [1.807, 2.05) is 23.1 Å². The van der Waals surface area contributed by atoms with Crippen molar-refractivity contribution >= 4 is 35.7 Å². The number of amides is 2. The first-order valence-electron chi connectivity index (χ1n) is 9.59. The van der Waals surface area contributed by atoms with Crippen LogP contribution in [-0.2, 0) is 9.53 Å². The molecule has 0 aliphatic carbocycles. The molecular formula is C21H30ClN3O3. The van der Waals surface area contributed by atoms with Crippen LogP contribution in [-0.4, -0.2) is 66.7 Å². The summed E-state index contributed by atoms with van der Waals surface area (Å²) in [7, 11) is 0. The fourth-order valence-corrected chi connectivity index (χ4v) is 4.01. The maximum atomic E-state index is 13.2. The minimum absolute atomic E-state index is 0. The van der Waals surface area contributed by atoms with Crippen LogP contribution in [0.15, 0.2) is 30.3 Å². The molecule has 0 N–H and O–H groups in total. The van der Waals surface area contributed by atoms with Gasteiger partial charge in [0.05, 0.1) is 24.4 Å². The summed E-state index contributed by atoms with van der Waals surface area (Å²) in [4.78, 5) is 30.8. The average Bonchev–Trinajstić information content (AvgIpc) is 2.61. The van der Waals surface area contributed by atoms with Crippen molar-refractivity contribution in [3.05, 3.63) is 35.9 Å². The summed E-state index contributed by atoms with van der Waals surface area (Å²) in [5.41, 5.74) is 2.90. The lowest BCUT2D eigenvalue weighted by atomic mass is 9.88. The monoisotopic (exact) mass is 407 g/mol. The van der Waals surface area contributed by atoms with Crippen LogP contribution in [0.2, 0.25) is 0 Å². The Morgan fingerprint density at radius 2 is 1.75 bits per heavy atom. The molecule has 2 aliphatic heterocycles. The van der Waals surface area contributed by atoms with Crippen LogP contribution in [0.3, 0.4) is 0 Å². The summed E-state index contributed by atoms with van der Waals surface area (Å²) in [6.07, 6.45) is 1.89. The van der Waals surface area contributed by atoms with Crippen LogP contribution in [0.1, 0.15) is 33.3 Å². The molecule has 2 aliphatic rings. The fraction of sp³-hybridized carbons (Fsp3) is 0.524. The third-order valence-corrected chi connectivity index (χ3v) is 5.22. The largest absolute Gasteiger partial charge is 0.450 e. The van der Waals surface area contributed by atoms with E-state index in [0.717, 1.165) is 11.3 Å². The number of piperazine rings is 1. The zero-order valence-electron chi connectivity index (χ0n) is 17.1. The van der Waals surface area contributed by atoms with Crippen molar-refractivity contribution in [2.24, 2.45) is 0 Å². The zero-order valence-corrected chi connectivity index (χ0v) is 17.9. The summed E-state index contributed by atoms with van der Waals surface area (Å²) in [5.74, 6) is 0.0841. The maximum absolute atomic E-state index is 13.2. The summed E-state index contributed by atoms with van der Waals surface area (Å²) in [5, 5.41) is 0. The van der Waals surface area contributed by atoms with E-state index in [9.17, 15) is 9.59 Å². The Bertz CT molecular complexity index is 755. The Kier molecular flexibility index (Phi) is 7.12. The predicted molar refractivity (Wildman–Crippen MR) is 114 cm³/mol. The van der Waals surface area contributed by atoms with Gasteiger partial charge in [-0.3, -0.25) is 9.69 Å². The summed E-state index contributed by atoms with van der Waals surface area (Å²) < 4.78 is 5.06. The van der Waals surface area contributed by atoms with Crippen LogP contribution < -0.4 is 4.90 Å². The number of anilines is 1. The van der Waals surface area contributed by atoms with Gasteiger partial charge in [-0.25, -0.2) is 4.79 Å². The number of carbonyl (C=O) groups is 2. The van der Waals surface area contributed by atoms with E-state index in [1.54, 1.807) is 11.8 Å². The second kappa shape index (κ2) is 8.97. The number of para-hydroxylation sites is 1. The molecule has 0 unspecified atom stereocenters. The molecule has 0 aromatic heterocycles. The highest BCUT2D eigenvalue weighted by atomic mass is 35.5. The van der Waals surface area contributed by atoms with Crippen LogP contribution in [0, 0.1) is 0 Å². The Morgan fingerprint density at radius 3 is 2.39 bits per heavy atom. The van der Waals surface area contributed by atoms with Crippen molar-refractivity contribution in [1.29, 1.82) is 0 Å². The van der Waals surface area contributed by atoms with Gasteiger partial charge in [0.15, 0.2) is 0 Å². The molecular weight excluding hydrogens is 378 g/mol. The molecule has 0 saturated carbocycles. The van der Waals surface area contributed by atoms with Gasteiger partial charge in [-0.2, -0.15) is 0 Å². The number of halogens is 1. The summed E-state index contributed by atoms with van der Waals surface area (Å²) >= 11 is 0. The lowest BCUT2D eigenvalue weighted by Gasteiger charge is -2.43. The molecule has 2 amide bonds. The van der Waals surface area contributed by atoms with Crippen molar-refractivity contribution in [2.75, 3.05) is 44.2 Å². The van der Waals surface area contributed by atoms with Crippen molar-refractivity contribution in [3.63, 3.8) is 0 Å². The standard InChI is InChI=1S/C21H29N3O3.ClH/c1-5-27-20(26)23-12-10-22(11-13-23)15-19(25)24-18-9-7-6-8-17(18)16(2)14-21(24,3)4;/h6-9,14H,5,10-13,15H2,1-4H3;1H. The first-order valence-corrected chi connectivity index (χ1v) is 9.59. The Hall–Kier alpha value is -2.05. The van der Waals surface area contributed by atoms with E-state index in [0.29, 0.717) is 39.3 Å². The van der Waals surface area contributed by atoms with Gasteiger partial charge in [0.25, 0.3) is 0 Å². The third-order valence-electron chi connectivity index (χ3n) is 5.22. The number of fused-ring (bicyclic) bond motifs is 1. The van der Waals surface area contributed by atoms with Gasteiger partial charge in [-0.1, -0.05) is 24.3 Å². The molecule has 28 heavy (non-hydrogen) atoms. The Labute approximate surface area is 173 Å². The van der Waals surface area contributed by atoms with E-state index in [2.05, 4.69) is 37.8 Å². The highest BCUT2D eigenvalue weighted by Crippen LogP contribution is 2.38. The number of hydrogen-bond acceptors (Lipinski definition) is 4. The average molecular weight is 408 g/mol. The van der Waals surface area contributed by atoms with Crippen LogP contribution in [0.5, 0.6) is 0 Å². The highest BCUT2D eigenvalue weighted by Gasteiger charge is 2.36. The summed E-state index contributed by atoms with van der Waals surface area (Å²) in [6, 6.07) is 8.07. The van der Waals surface area contributed by atoms with E-state index < -0.39 is 0 Å². The van der Waals surface area contributed by atoms with Crippen LogP contribution >= 0.6 is 12.4 Å². The van der Waals surface area contributed by atoms with Crippen molar-refractivity contribution < 1.29 is 14.3 Å². The smallest absolute Gasteiger partial charge is 0.409 e. The quantitative estimate of drug-likeness (QED) is 0.770. The molecule has 1 fully saturated rings. The first kappa shape index (κ1) is 22.2. The number of hydrogen-bond donors (Lipinski definition) is 0. The molecule has 6 nitrogen and oxygen atoms in total. The van der Waals surface area contributed by atoms with Crippen LogP contribution in [0.25, 0.3) is 5.57 Å². The molecule has 0 bridgehead atoms. The van der Waals surface area contributed by atoms with Crippen molar-refractivity contribution in [2.45, 2.75) is 33.2 Å². The van der Waals surface area contributed by atoms with Gasteiger partial charge in [0.1, 0.15) is 0 Å². The molecule has 0 radical (unpaired) electrons. The molecule has 154 valence electrons. The van der Waals surface area contributed by atoms with Gasteiger partial charge in [0.2, 0.25) is 5.91 Å².